The number of nitrogens with one attached hydrogen (secondary N) is 1. The summed E-state index contributed by atoms with van der Waals surface area (Å²) in [6, 6.07) is 7.69. The van der Waals surface area contributed by atoms with Gasteiger partial charge in [-0.15, -0.1) is 0 Å². The van der Waals surface area contributed by atoms with Gasteiger partial charge in [-0.2, -0.15) is 0 Å². The molecule has 0 saturated carbocycles. The molecule has 0 saturated heterocycles. The maximum Gasteiger partial charge on any atom is 0.326 e. The van der Waals surface area contributed by atoms with Crippen LogP contribution in [0.25, 0.3) is 0 Å². The molecule has 1 atom stereocenters. The smallest absolute Gasteiger partial charge is 0.326 e. The van der Waals surface area contributed by atoms with Crippen LogP contribution in [0.1, 0.15) is 22.3 Å². The van der Waals surface area contributed by atoms with Gasteiger partial charge in [0.2, 0.25) is 5.91 Å². The molecule has 1 amide bonds. The van der Waals surface area contributed by atoms with E-state index >= 15 is 0 Å². The fraction of sp³-hybridized carbons (Fsp3) is 0.263. The molecule has 25 heavy (non-hydrogen) atoms. The molecule has 0 bridgehead atoms. The number of carbonyl (C=O) groups excluding carboxylic acids is 1. The number of benzene rings is 2. The number of hydrogen-bond acceptors (Lipinski definition) is 2. The van der Waals surface area contributed by atoms with Gasteiger partial charge in [-0.1, -0.05) is 24.3 Å². The second-order valence-corrected chi connectivity index (χ2v) is 5.96. The monoisotopic (exact) mass is 347 g/mol. The van der Waals surface area contributed by atoms with Gasteiger partial charge >= 0.3 is 5.97 Å². The van der Waals surface area contributed by atoms with Gasteiger partial charge in [0.15, 0.2) is 11.6 Å². The Morgan fingerprint density at radius 3 is 2.28 bits per heavy atom. The molecule has 4 nitrogen and oxygen atoms in total. The molecule has 0 fully saturated rings. The molecular weight excluding hydrogens is 328 g/mol. The van der Waals surface area contributed by atoms with Crippen LogP contribution in [0.4, 0.5) is 8.78 Å². The van der Waals surface area contributed by atoms with Crippen LogP contribution in [0.3, 0.4) is 0 Å². The SMILES string of the molecule is Cc1cccc(C)c1C[C@@H](NC(=O)Cc1ccc(F)c(F)c1)C(=O)O. The molecule has 0 radical (unpaired) electrons. The number of amides is 1. The van der Waals surface area contributed by atoms with Gasteiger partial charge in [-0.25, -0.2) is 13.6 Å². The number of carbonyl (C=O) groups is 2. The van der Waals surface area contributed by atoms with E-state index in [4.69, 9.17) is 0 Å². The van der Waals surface area contributed by atoms with Crippen molar-refractivity contribution >= 4 is 11.9 Å². The number of carboxylic acid groups (broad SMARTS) is 1. The second kappa shape index (κ2) is 7.88. The molecule has 0 aliphatic carbocycles. The van der Waals surface area contributed by atoms with Crippen LogP contribution in [0.2, 0.25) is 0 Å². The van der Waals surface area contributed by atoms with E-state index < -0.39 is 29.6 Å². The van der Waals surface area contributed by atoms with Gasteiger partial charge in [0.05, 0.1) is 6.42 Å². The number of rotatable bonds is 6. The highest BCUT2D eigenvalue weighted by Crippen LogP contribution is 2.16. The van der Waals surface area contributed by atoms with Crippen molar-refractivity contribution in [2.24, 2.45) is 0 Å². The highest BCUT2D eigenvalue weighted by molar-refractivity contribution is 5.85. The Morgan fingerprint density at radius 2 is 1.72 bits per heavy atom. The van der Waals surface area contributed by atoms with Crippen molar-refractivity contribution in [3.63, 3.8) is 0 Å². The van der Waals surface area contributed by atoms with Crippen LogP contribution in [0, 0.1) is 25.5 Å². The first-order valence-corrected chi connectivity index (χ1v) is 7.79. The zero-order valence-electron chi connectivity index (χ0n) is 14.0. The van der Waals surface area contributed by atoms with Crippen molar-refractivity contribution in [1.29, 1.82) is 0 Å². The zero-order valence-corrected chi connectivity index (χ0v) is 14.0. The molecule has 2 N–H and O–H groups in total. The van der Waals surface area contributed by atoms with Gasteiger partial charge in [0.1, 0.15) is 6.04 Å². The Kier molecular flexibility index (Phi) is 5.85. The lowest BCUT2D eigenvalue weighted by Gasteiger charge is -2.17. The summed E-state index contributed by atoms with van der Waals surface area (Å²) in [6.45, 7) is 3.76. The van der Waals surface area contributed by atoms with Crippen LogP contribution in [-0.4, -0.2) is 23.0 Å². The molecule has 0 aromatic heterocycles. The molecule has 2 rings (SSSR count). The highest BCUT2D eigenvalue weighted by Gasteiger charge is 2.22. The molecule has 2 aromatic rings. The molecule has 6 heteroatoms. The Morgan fingerprint density at radius 1 is 1.08 bits per heavy atom. The molecular formula is C19H19F2NO3. The molecule has 2 aromatic carbocycles. The first-order valence-electron chi connectivity index (χ1n) is 7.79. The Bertz CT molecular complexity index is 785. The molecule has 132 valence electrons. The van der Waals surface area contributed by atoms with Gasteiger partial charge in [0, 0.05) is 6.42 Å². The summed E-state index contributed by atoms with van der Waals surface area (Å²) in [6.07, 6.45) is -0.0783. The number of aliphatic carboxylic acids is 1. The molecule has 0 spiro atoms. The van der Waals surface area contributed by atoms with Gasteiger partial charge in [0.25, 0.3) is 0 Å². The van der Waals surface area contributed by atoms with Crippen molar-refractivity contribution in [2.45, 2.75) is 32.7 Å². The first kappa shape index (κ1) is 18.6. The quantitative estimate of drug-likeness (QED) is 0.844. The number of hydrogen-bond donors (Lipinski definition) is 2. The van der Waals surface area contributed by atoms with E-state index in [2.05, 4.69) is 5.32 Å². The lowest BCUT2D eigenvalue weighted by Crippen LogP contribution is -2.43. The summed E-state index contributed by atoms with van der Waals surface area (Å²) in [4.78, 5) is 23.6. The molecule has 0 unspecified atom stereocenters. The molecule has 0 heterocycles. The van der Waals surface area contributed by atoms with Crippen molar-refractivity contribution in [3.05, 3.63) is 70.3 Å². The summed E-state index contributed by atoms with van der Waals surface area (Å²) in [5.41, 5.74) is 3.03. The summed E-state index contributed by atoms with van der Waals surface area (Å²) in [7, 11) is 0. The first-order chi connectivity index (χ1) is 11.8. The van der Waals surface area contributed by atoms with E-state index in [1.54, 1.807) is 0 Å². The summed E-state index contributed by atoms with van der Waals surface area (Å²) in [5.74, 6) is -3.76. The Labute approximate surface area is 144 Å². The van der Waals surface area contributed by atoms with Gasteiger partial charge in [-0.05, 0) is 48.2 Å². The number of halogens is 2. The predicted molar refractivity (Wildman–Crippen MR) is 89.2 cm³/mol. The fourth-order valence-electron chi connectivity index (χ4n) is 2.66. The Balaban J connectivity index is 2.09. The van der Waals surface area contributed by atoms with Crippen molar-refractivity contribution in [3.8, 4) is 0 Å². The van der Waals surface area contributed by atoms with Crippen LogP contribution in [0.15, 0.2) is 36.4 Å². The zero-order chi connectivity index (χ0) is 18.6. The topological polar surface area (TPSA) is 66.4 Å². The van der Waals surface area contributed by atoms with Crippen LogP contribution in [-0.2, 0) is 22.4 Å². The van der Waals surface area contributed by atoms with Gasteiger partial charge < -0.3 is 10.4 Å². The van der Waals surface area contributed by atoms with Crippen LogP contribution < -0.4 is 5.32 Å². The van der Waals surface area contributed by atoms with Crippen molar-refractivity contribution < 1.29 is 23.5 Å². The van der Waals surface area contributed by atoms with E-state index in [-0.39, 0.29) is 18.4 Å². The summed E-state index contributed by atoms with van der Waals surface area (Å²) < 4.78 is 26.1. The lowest BCUT2D eigenvalue weighted by atomic mass is 9.96. The number of aryl methyl sites for hydroxylation is 2. The predicted octanol–water partition coefficient (Wildman–Crippen LogP) is 2.94. The summed E-state index contributed by atoms with van der Waals surface area (Å²) >= 11 is 0. The largest absolute Gasteiger partial charge is 0.480 e. The maximum absolute atomic E-state index is 13.2. The maximum atomic E-state index is 13.2. The van der Waals surface area contributed by atoms with Crippen molar-refractivity contribution in [2.75, 3.05) is 0 Å². The Hall–Kier alpha value is -2.76. The third kappa shape index (κ3) is 4.86. The third-order valence-electron chi connectivity index (χ3n) is 4.03. The van der Waals surface area contributed by atoms with E-state index in [1.165, 1.54) is 6.07 Å². The minimum Gasteiger partial charge on any atom is -0.480 e. The third-order valence-corrected chi connectivity index (χ3v) is 4.03. The lowest BCUT2D eigenvalue weighted by molar-refractivity contribution is -0.141. The van der Waals surface area contributed by atoms with Crippen LogP contribution >= 0.6 is 0 Å². The minimum absolute atomic E-state index is 0.150. The number of carboxylic acids is 1. The van der Waals surface area contributed by atoms with Gasteiger partial charge in [-0.3, -0.25) is 4.79 Å². The van der Waals surface area contributed by atoms with Crippen molar-refractivity contribution in [1.82, 2.24) is 5.32 Å². The van der Waals surface area contributed by atoms with Crippen LogP contribution in [0.5, 0.6) is 0 Å². The minimum atomic E-state index is -1.15. The van der Waals surface area contributed by atoms with E-state index in [9.17, 15) is 23.5 Å². The normalized spacial score (nSPS) is 11.8. The average Bonchev–Trinajstić information content (AvgIpc) is 2.53. The second-order valence-electron chi connectivity index (χ2n) is 5.96. The van der Waals surface area contributed by atoms with E-state index in [0.717, 1.165) is 28.8 Å². The molecule has 0 aliphatic rings. The standard InChI is InChI=1S/C19H19F2NO3/c1-11-4-3-5-12(2)14(11)10-17(19(24)25)22-18(23)9-13-6-7-15(20)16(21)8-13/h3-8,17H,9-10H2,1-2H3,(H,22,23)(H,24,25)/t17-/m1/s1. The molecule has 0 aliphatic heterocycles. The highest BCUT2D eigenvalue weighted by atomic mass is 19.2. The van der Waals surface area contributed by atoms with E-state index in [0.29, 0.717) is 0 Å². The average molecular weight is 347 g/mol. The fourth-order valence-corrected chi connectivity index (χ4v) is 2.66. The van der Waals surface area contributed by atoms with E-state index in [1.807, 2.05) is 32.0 Å². The summed E-state index contributed by atoms with van der Waals surface area (Å²) in [5, 5.41) is 11.8.